The molecule has 0 aliphatic rings. The zero-order valence-electron chi connectivity index (χ0n) is 12.1. The molecule has 0 bridgehead atoms. The van der Waals surface area contributed by atoms with Gasteiger partial charge in [-0.1, -0.05) is 24.3 Å². The maximum atomic E-state index is 11.3. The molecule has 0 unspecified atom stereocenters. The summed E-state index contributed by atoms with van der Waals surface area (Å²) in [5.74, 6) is 0.602. The lowest BCUT2D eigenvalue weighted by Crippen LogP contribution is -2.27. The number of aromatic nitrogens is 2. The number of aryl methyl sites for hydroxylation is 1. The van der Waals surface area contributed by atoms with Crippen LogP contribution >= 0.6 is 0 Å². The number of carbonyl (C=O) groups is 1. The largest absolute Gasteiger partial charge is 0.469 e. The van der Waals surface area contributed by atoms with Crippen LogP contribution in [-0.4, -0.2) is 36.4 Å². The fourth-order valence-corrected chi connectivity index (χ4v) is 2.20. The molecule has 1 heterocycles. The van der Waals surface area contributed by atoms with E-state index >= 15 is 0 Å². The van der Waals surface area contributed by atoms with E-state index in [-0.39, 0.29) is 5.97 Å². The molecule has 0 atom stereocenters. The van der Waals surface area contributed by atoms with E-state index in [0.29, 0.717) is 13.0 Å². The van der Waals surface area contributed by atoms with Gasteiger partial charge in [-0.3, -0.25) is 4.79 Å². The molecule has 5 nitrogen and oxygen atoms in total. The standard InChI is InChI=1S/C15H19N3O2/c1-4-18(10-9-14(19)20-3)15-13-8-6-5-7-12(13)11(2)16-17-15/h5-8H,4,9-10H2,1-3H3. The Hall–Kier alpha value is -2.17. The number of hydrogen-bond donors (Lipinski definition) is 0. The van der Waals surface area contributed by atoms with Crippen LogP contribution < -0.4 is 4.90 Å². The summed E-state index contributed by atoms with van der Waals surface area (Å²) in [5.41, 5.74) is 0.911. The minimum Gasteiger partial charge on any atom is -0.469 e. The Balaban J connectivity index is 2.35. The normalized spacial score (nSPS) is 10.6. The number of ether oxygens (including phenoxy) is 1. The lowest BCUT2D eigenvalue weighted by Gasteiger charge is -2.22. The molecule has 0 saturated carbocycles. The zero-order chi connectivity index (χ0) is 14.5. The van der Waals surface area contributed by atoms with E-state index in [1.54, 1.807) is 0 Å². The van der Waals surface area contributed by atoms with Gasteiger partial charge in [0.25, 0.3) is 0 Å². The van der Waals surface area contributed by atoms with Gasteiger partial charge in [0.1, 0.15) is 0 Å². The van der Waals surface area contributed by atoms with Gasteiger partial charge in [-0.05, 0) is 13.8 Å². The van der Waals surface area contributed by atoms with Gasteiger partial charge in [0.15, 0.2) is 5.82 Å². The number of nitrogens with zero attached hydrogens (tertiary/aromatic N) is 3. The van der Waals surface area contributed by atoms with Crippen molar-refractivity contribution < 1.29 is 9.53 Å². The second kappa shape index (κ2) is 6.32. The molecule has 0 fully saturated rings. The van der Waals surface area contributed by atoms with Crippen molar-refractivity contribution in [1.82, 2.24) is 10.2 Å². The van der Waals surface area contributed by atoms with Gasteiger partial charge in [0, 0.05) is 23.9 Å². The van der Waals surface area contributed by atoms with E-state index in [4.69, 9.17) is 0 Å². The molecule has 0 aliphatic heterocycles. The van der Waals surface area contributed by atoms with Crippen molar-refractivity contribution in [3.8, 4) is 0 Å². The van der Waals surface area contributed by atoms with Crippen LogP contribution in [0, 0.1) is 6.92 Å². The zero-order valence-corrected chi connectivity index (χ0v) is 12.1. The first kappa shape index (κ1) is 14.2. The Morgan fingerprint density at radius 3 is 2.60 bits per heavy atom. The van der Waals surface area contributed by atoms with Crippen LogP contribution in [0.15, 0.2) is 24.3 Å². The van der Waals surface area contributed by atoms with E-state index in [9.17, 15) is 4.79 Å². The van der Waals surface area contributed by atoms with Gasteiger partial charge < -0.3 is 9.64 Å². The molecule has 1 aromatic heterocycles. The molecule has 5 heteroatoms. The summed E-state index contributed by atoms with van der Waals surface area (Å²) < 4.78 is 4.69. The lowest BCUT2D eigenvalue weighted by atomic mass is 10.1. The summed E-state index contributed by atoms with van der Waals surface area (Å²) in [5, 5.41) is 10.7. The average molecular weight is 273 g/mol. The van der Waals surface area contributed by atoms with Crippen LogP contribution in [0.5, 0.6) is 0 Å². The Bertz CT molecular complexity index is 613. The van der Waals surface area contributed by atoms with Gasteiger partial charge >= 0.3 is 5.97 Å². The fourth-order valence-electron chi connectivity index (χ4n) is 2.20. The topological polar surface area (TPSA) is 55.3 Å². The van der Waals surface area contributed by atoms with Crippen molar-refractivity contribution in [1.29, 1.82) is 0 Å². The number of carbonyl (C=O) groups excluding carboxylic acids is 1. The molecule has 106 valence electrons. The molecule has 0 radical (unpaired) electrons. The highest BCUT2D eigenvalue weighted by atomic mass is 16.5. The van der Waals surface area contributed by atoms with Crippen molar-refractivity contribution in [3.05, 3.63) is 30.0 Å². The summed E-state index contributed by atoms with van der Waals surface area (Å²) in [4.78, 5) is 13.3. The Morgan fingerprint density at radius 2 is 1.95 bits per heavy atom. The molecular formula is C15H19N3O2. The number of methoxy groups -OCH3 is 1. The Morgan fingerprint density at radius 1 is 1.25 bits per heavy atom. The summed E-state index contributed by atoms with van der Waals surface area (Å²) in [6.45, 7) is 5.32. The van der Waals surface area contributed by atoms with Gasteiger partial charge in [-0.25, -0.2) is 0 Å². The van der Waals surface area contributed by atoms with Gasteiger partial charge in [-0.15, -0.1) is 5.10 Å². The minimum atomic E-state index is -0.215. The SMILES string of the molecule is CCN(CCC(=O)OC)c1nnc(C)c2ccccc12. The van der Waals surface area contributed by atoms with Crippen LogP contribution in [0.3, 0.4) is 0 Å². The predicted octanol–water partition coefficient (Wildman–Crippen LogP) is 2.33. The number of benzene rings is 1. The predicted molar refractivity (Wildman–Crippen MR) is 78.8 cm³/mol. The molecule has 0 aliphatic carbocycles. The monoisotopic (exact) mass is 273 g/mol. The molecular weight excluding hydrogens is 254 g/mol. The highest BCUT2D eigenvalue weighted by Crippen LogP contribution is 2.25. The van der Waals surface area contributed by atoms with Crippen LogP contribution in [0.2, 0.25) is 0 Å². The van der Waals surface area contributed by atoms with Crippen molar-refractivity contribution in [2.24, 2.45) is 0 Å². The summed E-state index contributed by atoms with van der Waals surface area (Å²) >= 11 is 0. The summed E-state index contributed by atoms with van der Waals surface area (Å²) in [6.07, 6.45) is 0.341. The molecule has 2 rings (SSSR count). The number of fused-ring (bicyclic) bond motifs is 1. The molecule has 0 N–H and O–H groups in total. The lowest BCUT2D eigenvalue weighted by molar-refractivity contribution is -0.140. The van der Waals surface area contributed by atoms with E-state index in [2.05, 4.69) is 14.9 Å². The fraction of sp³-hybridized carbons (Fsp3) is 0.400. The third kappa shape index (κ3) is 2.87. The number of anilines is 1. The van der Waals surface area contributed by atoms with Gasteiger partial charge in [0.2, 0.25) is 0 Å². The minimum absolute atomic E-state index is 0.215. The maximum Gasteiger partial charge on any atom is 0.307 e. The van der Waals surface area contributed by atoms with E-state index in [1.165, 1.54) is 7.11 Å². The smallest absolute Gasteiger partial charge is 0.307 e. The van der Waals surface area contributed by atoms with Crippen LogP contribution in [0.4, 0.5) is 5.82 Å². The summed E-state index contributed by atoms with van der Waals surface area (Å²) in [7, 11) is 1.40. The quantitative estimate of drug-likeness (QED) is 0.783. The second-order valence-electron chi connectivity index (χ2n) is 4.56. The van der Waals surface area contributed by atoms with Crippen LogP contribution in [-0.2, 0) is 9.53 Å². The highest BCUT2D eigenvalue weighted by molar-refractivity contribution is 5.93. The maximum absolute atomic E-state index is 11.3. The van der Waals surface area contributed by atoms with Crippen LogP contribution in [0.1, 0.15) is 19.0 Å². The van der Waals surface area contributed by atoms with Crippen molar-refractivity contribution in [2.45, 2.75) is 20.3 Å². The van der Waals surface area contributed by atoms with E-state index in [1.807, 2.05) is 43.0 Å². The van der Waals surface area contributed by atoms with E-state index < -0.39 is 0 Å². The molecule has 2 aromatic rings. The third-order valence-electron chi connectivity index (χ3n) is 3.35. The third-order valence-corrected chi connectivity index (χ3v) is 3.35. The van der Waals surface area contributed by atoms with Crippen molar-refractivity contribution >= 4 is 22.6 Å². The number of esters is 1. The average Bonchev–Trinajstić information content (AvgIpc) is 2.49. The molecule has 0 saturated heterocycles. The summed E-state index contributed by atoms with van der Waals surface area (Å²) in [6, 6.07) is 8.05. The first-order valence-corrected chi connectivity index (χ1v) is 6.71. The highest BCUT2D eigenvalue weighted by Gasteiger charge is 2.13. The number of hydrogen-bond acceptors (Lipinski definition) is 5. The molecule has 20 heavy (non-hydrogen) atoms. The van der Waals surface area contributed by atoms with Crippen LogP contribution in [0.25, 0.3) is 10.8 Å². The Labute approximate surface area is 118 Å². The first-order valence-electron chi connectivity index (χ1n) is 6.71. The number of rotatable bonds is 5. The van der Waals surface area contributed by atoms with Gasteiger partial charge in [0.05, 0.1) is 19.2 Å². The first-order chi connectivity index (χ1) is 9.67. The van der Waals surface area contributed by atoms with E-state index in [0.717, 1.165) is 28.8 Å². The van der Waals surface area contributed by atoms with Crippen molar-refractivity contribution in [2.75, 3.05) is 25.1 Å². The Kier molecular flexibility index (Phi) is 4.50. The second-order valence-corrected chi connectivity index (χ2v) is 4.56. The molecule has 0 amide bonds. The van der Waals surface area contributed by atoms with Crippen molar-refractivity contribution in [3.63, 3.8) is 0 Å². The van der Waals surface area contributed by atoms with Gasteiger partial charge in [-0.2, -0.15) is 5.10 Å². The molecule has 1 aromatic carbocycles. The molecule has 0 spiro atoms.